The Bertz CT molecular complexity index is 755. The first kappa shape index (κ1) is 20.2. The largest absolute Gasteiger partial charge is 0.497 e. The minimum absolute atomic E-state index is 0.122. The van der Waals surface area contributed by atoms with Gasteiger partial charge in [0.15, 0.2) is 6.10 Å². The van der Waals surface area contributed by atoms with Gasteiger partial charge in [0.1, 0.15) is 11.5 Å². The predicted octanol–water partition coefficient (Wildman–Crippen LogP) is 3.76. The van der Waals surface area contributed by atoms with Crippen LogP contribution < -0.4 is 14.8 Å². The van der Waals surface area contributed by atoms with E-state index >= 15 is 0 Å². The number of hydrogen-bond donors (Lipinski definition) is 1. The lowest BCUT2D eigenvalue weighted by Crippen LogP contribution is -2.36. The van der Waals surface area contributed by atoms with Gasteiger partial charge in [-0.25, -0.2) is 0 Å². The minimum Gasteiger partial charge on any atom is -0.497 e. The molecule has 2 aromatic rings. The summed E-state index contributed by atoms with van der Waals surface area (Å²) in [6, 6.07) is 15.6. The molecule has 1 saturated heterocycles. The molecule has 1 aliphatic heterocycles. The van der Waals surface area contributed by atoms with Gasteiger partial charge < -0.3 is 14.8 Å². The fourth-order valence-electron chi connectivity index (χ4n) is 3.48. The van der Waals surface area contributed by atoms with Crippen LogP contribution in [0.15, 0.2) is 48.5 Å². The highest BCUT2D eigenvalue weighted by Crippen LogP contribution is 2.19. The zero-order valence-electron chi connectivity index (χ0n) is 16.8. The number of rotatable bonds is 8. The molecule has 2 aromatic carbocycles. The van der Waals surface area contributed by atoms with E-state index in [1.165, 1.54) is 24.8 Å². The number of benzene rings is 2. The monoisotopic (exact) mass is 382 g/mol. The van der Waals surface area contributed by atoms with E-state index in [4.69, 9.17) is 9.47 Å². The van der Waals surface area contributed by atoms with Crippen molar-refractivity contribution in [3.8, 4) is 11.5 Å². The molecule has 0 unspecified atom stereocenters. The van der Waals surface area contributed by atoms with Gasteiger partial charge in [-0.15, -0.1) is 0 Å². The summed E-state index contributed by atoms with van der Waals surface area (Å²) >= 11 is 0. The average Bonchev–Trinajstić information content (AvgIpc) is 2.74. The fourth-order valence-corrected chi connectivity index (χ4v) is 3.48. The molecule has 5 heteroatoms. The quantitative estimate of drug-likeness (QED) is 0.755. The second-order valence-electron chi connectivity index (χ2n) is 7.26. The number of carbonyl (C=O) groups excluding carboxylic acids is 1. The van der Waals surface area contributed by atoms with Crippen molar-refractivity contribution >= 4 is 5.91 Å². The molecule has 1 N–H and O–H groups in total. The van der Waals surface area contributed by atoms with Crippen LogP contribution in [-0.4, -0.2) is 37.1 Å². The summed E-state index contributed by atoms with van der Waals surface area (Å²) in [6.07, 6.45) is 3.32. The van der Waals surface area contributed by atoms with E-state index in [9.17, 15) is 4.79 Å². The number of likely N-dealkylation sites (tertiary alicyclic amines) is 1. The van der Waals surface area contributed by atoms with E-state index in [1.54, 1.807) is 26.2 Å². The van der Waals surface area contributed by atoms with E-state index in [0.717, 1.165) is 30.9 Å². The van der Waals surface area contributed by atoms with Gasteiger partial charge >= 0.3 is 0 Å². The van der Waals surface area contributed by atoms with E-state index in [2.05, 4.69) is 28.4 Å². The number of hydrogen-bond acceptors (Lipinski definition) is 4. The molecule has 0 aromatic heterocycles. The molecule has 0 aliphatic carbocycles. The van der Waals surface area contributed by atoms with Crippen LogP contribution in [0.5, 0.6) is 11.5 Å². The first-order valence-corrected chi connectivity index (χ1v) is 10.0. The van der Waals surface area contributed by atoms with E-state index in [0.29, 0.717) is 12.3 Å². The highest BCUT2D eigenvalue weighted by molar-refractivity contribution is 5.80. The second kappa shape index (κ2) is 10.1. The number of nitrogens with one attached hydrogen (secondary N) is 1. The molecular formula is C23H30N2O3. The summed E-state index contributed by atoms with van der Waals surface area (Å²) in [6.45, 7) is 5.54. The Morgan fingerprint density at radius 2 is 1.64 bits per heavy atom. The Labute approximate surface area is 167 Å². The fraction of sp³-hybridized carbons (Fsp3) is 0.435. The third kappa shape index (κ3) is 5.73. The molecule has 1 heterocycles. The Morgan fingerprint density at radius 3 is 2.32 bits per heavy atom. The Kier molecular flexibility index (Phi) is 7.31. The van der Waals surface area contributed by atoms with Gasteiger partial charge in [-0.1, -0.05) is 30.7 Å². The maximum Gasteiger partial charge on any atom is 0.261 e. The summed E-state index contributed by atoms with van der Waals surface area (Å²) < 4.78 is 10.9. The van der Waals surface area contributed by atoms with Crippen molar-refractivity contribution in [3.05, 3.63) is 59.7 Å². The first-order valence-electron chi connectivity index (χ1n) is 10.0. The van der Waals surface area contributed by atoms with Crippen molar-refractivity contribution in [2.45, 2.75) is 45.4 Å². The van der Waals surface area contributed by atoms with Gasteiger partial charge in [-0.2, -0.15) is 0 Å². The molecule has 0 bridgehead atoms. The van der Waals surface area contributed by atoms with Gasteiger partial charge in [0.05, 0.1) is 7.11 Å². The average molecular weight is 383 g/mol. The number of piperidine rings is 1. The summed E-state index contributed by atoms with van der Waals surface area (Å²) in [7, 11) is 1.62. The lowest BCUT2D eigenvalue weighted by Gasteiger charge is -2.27. The number of ether oxygens (including phenoxy) is 2. The van der Waals surface area contributed by atoms with Crippen LogP contribution in [0.4, 0.5) is 0 Å². The second-order valence-corrected chi connectivity index (χ2v) is 7.26. The lowest BCUT2D eigenvalue weighted by molar-refractivity contribution is -0.127. The number of nitrogens with zero attached hydrogens (tertiary/aromatic N) is 1. The zero-order chi connectivity index (χ0) is 19.8. The summed E-state index contributed by atoms with van der Waals surface area (Å²) in [5.41, 5.74) is 2.45. The van der Waals surface area contributed by atoms with Crippen molar-refractivity contribution in [1.82, 2.24) is 10.2 Å². The van der Waals surface area contributed by atoms with Crippen LogP contribution >= 0.6 is 0 Å². The van der Waals surface area contributed by atoms with E-state index < -0.39 is 6.10 Å². The van der Waals surface area contributed by atoms with E-state index in [1.807, 2.05) is 18.2 Å². The molecule has 1 fully saturated rings. The molecule has 28 heavy (non-hydrogen) atoms. The van der Waals surface area contributed by atoms with Crippen molar-refractivity contribution in [2.24, 2.45) is 0 Å². The van der Waals surface area contributed by atoms with Crippen LogP contribution in [-0.2, 0) is 17.9 Å². The molecule has 0 saturated carbocycles. The van der Waals surface area contributed by atoms with Crippen molar-refractivity contribution in [3.63, 3.8) is 0 Å². The minimum atomic E-state index is -0.567. The van der Waals surface area contributed by atoms with Crippen LogP contribution in [0.3, 0.4) is 0 Å². The summed E-state index contributed by atoms with van der Waals surface area (Å²) in [5.74, 6) is 1.28. The number of methoxy groups -OCH3 is 1. The first-order chi connectivity index (χ1) is 13.7. The van der Waals surface area contributed by atoms with Gasteiger partial charge in [0, 0.05) is 13.1 Å². The maximum atomic E-state index is 12.5. The van der Waals surface area contributed by atoms with Crippen LogP contribution in [0.1, 0.15) is 37.3 Å². The Morgan fingerprint density at radius 1 is 1.00 bits per heavy atom. The van der Waals surface area contributed by atoms with Crippen LogP contribution in [0.25, 0.3) is 0 Å². The normalized spacial score (nSPS) is 15.6. The highest BCUT2D eigenvalue weighted by Gasteiger charge is 2.16. The van der Waals surface area contributed by atoms with Crippen molar-refractivity contribution < 1.29 is 14.3 Å². The Hall–Kier alpha value is -2.53. The highest BCUT2D eigenvalue weighted by atomic mass is 16.5. The summed E-state index contributed by atoms with van der Waals surface area (Å²) in [4.78, 5) is 15.0. The molecule has 0 radical (unpaired) electrons. The summed E-state index contributed by atoms with van der Waals surface area (Å²) in [5, 5.41) is 3.01. The van der Waals surface area contributed by atoms with Gasteiger partial charge in [0.25, 0.3) is 5.91 Å². The molecule has 1 aliphatic rings. The smallest absolute Gasteiger partial charge is 0.261 e. The molecule has 5 nitrogen and oxygen atoms in total. The number of carbonyl (C=O) groups is 1. The Balaban J connectivity index is 1.53. The number of amides is 1. The SMILES string of the molecule is COc1ccc(O[C@H](C)C(=O)NCc2ccccc2CN2CCCCC2)cc1. The molecule has 3 rings (SSSR count). The molecule has 0 spiro atoms. The lowest BCUT2D eigenvalue weighted by atomic mass is 10.0. The topological polar surface area (TPSA) is 50.8 Å². The standard InChI is InChI=1S/C23H30N2O3/c1-18(28-22-12-10-21(27-2)11-13-22)23(26)24-16-19-8-4-5-9-20(19)17-25-14-6-3-7-15-25/h4-5,8-13,18H,3,6-7,14-17H2,1-2H3,(H,24,26)/t18-/m1/s1. The van der Waals surface area contributed by atoms with Crippen LogP contribution in [0, 0.1) is 0 Å². The third-order valence-electron chi connectivity index (χ3n) is 5.16. The molecule has 150 valence electrons. The maximum absolute atomic E-state index is 12.5. The van der Waals surface area contributed by atoms with Crippen molar-refractivity contribution in [2.75, 3.05) is 20.2 Å². The predicted molar refractivity (Wildman–Crippen MR) is 111 cm³/mol. The zero-order valence-corrected chi connectivity index (χ0v) is 16.8. The van der Waals surface area contributed by atoms with Crippen molar-refractivity contribution in [1.29, 1.82) is 0 Å². The third-order valence-corrected chi connectivity index (χ3v) is 5.16. The van der Waals surface area contributed by atoms with Gasteiger partial charge in [0.2, 0.25) is 0 Å². The molecule has 1 atom stereocenters. The van der Waals surface area contributed by atoms with E-state index in [-0.39, 0.29) is 5.91 Å². The van der Waals surface area contributed by atoms with Crippen LogP contribution in [0.2, 0.25) is 0 Å². The van der Waals surface area contributed by atoms with Gasteiger partial charge in [-0.05, 0) is 68.2 Å². The molecular weight excluding hydrogens is 352 g/mol. The molecule has 1 amide bonds. The van der Waals surface area contributed by atoms with Gasteiger partial charge in [-0.3, -0.25) is 9.69 Å².